The number of para-hydroxylation sites is 1. The van der Waals surface area contributed by atoms with E-state index in [0.717, 1.165) is 37.2 Å². The molecule has 4 heteroatoms. The topological polar surface area (TPSA) is 52.6 Å². The summed E-state index contributed by atoms with van der Waals surface area (Å²) in [5.74, 6) is -0.870. The first kappa shape index (κ1) is 12.9. The number of hydrogen-bond acceptors (Lipinski definition) is 3. The van der Waals surface area contributed by atoms with E-state index in [4.69, 9.17) is 0 Å². The molecule has 4 nitrogen and oxygen atoms in total. The fourth-order valence-corrected chi connectivity index (χ4v) is 2.53. The lowest BCUT2D eigenvalue weighted by molar-refractivity contribution is 0.0697. The fourth-order valence-electron chi connectivity index (χ4n) is 2.53. The van der Waals surface area contributed by atoms with Crippen molar-refractivity contribution in [3.8, 4) is 0 Å². The number of likely N-dealkylation sites (N-methyl/N-ethyl adjacent to an activating group) is 1. The third kappa shape index (κ3) is 2.82. The zero-order valence-corrected chi connectivity index (χ0v) is 10.9. The van der Waals surface area contributed by atoms with Crippen molar-refractivity contribution in [1.29, 1.82) is 0 Å². The molecular weight excluding hydrogens is 228 g/mol. The highest BCUT2D eigenvalue weighted by atomic mass is 16.4. The number of nitrogens with one attached hydrogen (secondary N) is 1. The van der Waals surface area contributed by atoms with Crippen molar-refractivity contribution in [2.75, 3.05) is 25.5 Å². The summed E-state index contributed by atoms with van der Waals surface area (Å²) >= 11 is 0. The number of nitrogens with zero attached hydrogens (tertiary/aromatic N) is 1. The maximum atomic E-state index is 11.2. The second kappa shape index (κ2) is 5.40. The third-order valence-electron chi connectivity index (χ3n) is 3.48. The van der Waals surface area contributed by atoms with Crippen LogP contribution >= 0.6 is 0 Å². The van der Waals surface area contributed by atoms with Crippen LogP contribution in [0.25, 0.3) is 0 Å². The van der Waals surface area contributed by atoms with Crippen LogP contribution in [0.5, 0.6) is 0 Å². The monoisotopic (exact) mass is 248 g/mol. The van der Waals surface area contributed by atoms with Gasteiger partial charge in [-0.25, -0.2) is 4.79 Å². The first-order valence-electron chi connectivity index (χ1n) is 6.36. The summed E-state index contributed by atoms with van der Waals surface area (Å²) in [6.45, 7) is 4.03. The summed E-state index contributed by atoms with van der Waals surface area (Å²) in [5.41, 5.74) is 2.12. The van der Waals surface area contributed by atoms with Gasteiger partial charge in [0.05, 0.1) is 11.3 Å². The van der Waals surface area contributed by atoms with E-state index in [9.17, 15) is 9.90 Å². The Balaban J connectivity index is 2.20. The van der Waals surface area contributed by atoms with E-state index >= 15 is 0 Å². The second-order valence-corrected chi connectivity index (χ2v) is 5.05. The molecule has 0 radical (unpaired) electrons. The highest BCUT2D eigenvalue weighted by molar-refractivity contribution is 5.95. The second-order valence-electron chi connectivity index (χ2n) is 5.05. The molecule has 0 amide bonds. The Morgan fingerprint density at radius 2 is 2.28 bits per heavy atom. The lowest BCUT2D eigenvalue weighted by Crippen LogP contribution is -2.40. The van der Waals surface area contributed by atoms with Gasteiger partial charge in [0.2, 0.25) is 0 Å². The summed E-state index contributed by atoms with van der Waals surface area (Å²) in [7, 11) is 2.10. The molecule has 1 aliphatic heterocycles. The maximum Gasteiger partial charge on any atom is 0.337 e. The zero-order chi connectivity index (χ0) is 13.1. The SMILES string of the molecule is Cc1cccc(C(=O)O)c1NC1CCCN(C)C1. The molecule has 0 aliphatic carbocycles. The Kier molecular flexibility index (Phi) is 3.87. The van der Waals surface area contributed by atoms with Gasteiger partial charge in [0.25, 0.3) is 0 Å². The number of anilines is 1. The van der Waals surface area contributed by atoms with Gasteiger partial charge in [-0.1, -0.05) is 12.1 Å². The van der Waals surface area contributed by atoms with Crippen molar-refractivity contribution in [3.05, 3.63) is 29.3 Å². The number of rotatable bonds is 3. The summed E-state index contributed by atoms with van der Waals surface area (Å²) in [4.78, 5) is 13.5. The van der Waals surface area contributed by atoms with E-state index in [1.807, 2.05) is 13.0 Å². The number of carboxylic acid groups (broad SMARTS) is 1. The van der Waals surface area contributed by atoms with Crippen LogP contribution < -0.4 is 5.32 Å². The molecule has 1 aromatic rings. The predicted molar refractivity (Wildman–Crippen MR) is 72.3 cm³/mol. The van der Waals surface area contributed by atoms with Crippen molar-refractivity contribution in [1.82, 2.24) is 4.90 Å². The van der Waals surface area contributed by atoms with Crippen molar-refractivity contribution < 1.29 is 9.90 Å². The Morgan fingerprint density at radius 1 is 1.50 bits per heavy atom. The molecule has 2 N–H and O–H groups in total. The van der Waals surface area contributed by atoms with Crippen molar-refractivity contribution in [2.24, 2.45) is 0 Å². The summed E-state index contributed by atoms with van der Waals surface area (Å²) < 4.78 is 0. The quantitative estimate of drug-likeness (QED) is 0.861. The van der Waals surface area contributed by atoms with Crippen LogP contribution in [0.15, 0.2) is 18.2 Å². The first-order valence-corrected chi connectivity index (χ1v) is 6.36. The molecule has 1 atom stereocenters. The van der Waals surface area contributed by atoms with E-state index in [0.29, 0.717) is 11.6 Å². The number of carboxylic acids is 1. The molecular formula is C14H20N2O2. The van der Waals surface area contributed by atoms with Gasteiger partial charge in [0.1, 0.15) is 0 Å². The zero-order valence-electron chi connectivity index (χ0n) is 10.9. The van der Waals surface area contributed by atoms with E-state index in [2.05, 4.69) is 17.3 Å². The van der Waals surface area contributed by atoms with Gasteiger partial charge in [0.15, 0.2) is 0 Å². The van der Waals surface area contributed by atoms with Crippen LogP contribution in [0, 0.1) is 6.92 Å². The average molecular weight is 248 g/mol. The predicted octanol–water partition coefficient (Wildman–Crippen LogP) is 2.20. The molecule has 1 aliphatic rings. The third-order valence-corrected chi connectivity index (χ3v) is 3.48. The van der Waals surface area contributed by atoms with Crippen LogP contribution in [0.1, 0.15) is 28.8 Å². The van der Waals surface area contributed by atoms with Crippen molar-refractivity contribution in [2.45, 2.75) is 25.8 Å². The Bertz CT molecular complexity index is 445. The minimum Gasteiger partial charge on any atom is -0.478 e. The molecule has 1 unspecified atom stereocenters. The molecule has 0 spiro atoms. The molecule has 18 heavy (non-hydrogen) atoms. The fraction of sp³-hybridized carbons (Fsp3) is 0.500. The Hall–Kier alpha value is -1.55. The summed E-state index contributed by atoms with van der Waals surface area (Å²) in [6, 6.07) is 5.73. The molecule has 0 aromatic heterocycles. The van der Waals surface area contributed by atoms with Gasteiger partial charge < -0.3 is 15.3 Å². The molecule has 0 bridgehead atoms. The van der Waals surface area contributed by atoms with Crippen LogP contribution in [0.2, 0.25) is 0 Å². The highest BCUT2D eigenvalue weighted by Gasteiger charge is 2.20. The minimum absolute atomic E-state index is 0.336. The van der Waals surface area contributed by atoms with E-state index in [1.165, 1.54) is 0 Å². The van der Waals surface area contributed by atoms with E-state index in [-0.39, 0.29) is 0 Å². The number of carbonyl (C=O) groups is 1. The summed E-state index contributed by atoms with van der Waals surface area (Å²) in [5, 5.41) is 12.6. The van der Waals surface area contributed by atoms with E-state index < -0.39 is 5.97 Å². The molecule has 1 fully saturated rings. The molecule has 0 saturated carbocycles. The van der Waals surface area contributed by atoms with Crippen molar-refractivity contribution >= 4 is 11.7 Å². The minimum atomic E-state index is -0.870. The van der Waals surface area contributed by atoms with Crippen LogP contribution in [0.3, 0.4) is 0 Å². The first-order chi connectivity index (χ1) is 8.58. The van der Waals surface area contributed by atoms with Gasteiger partial charge >= 0.3 is 5.97 Å². The van der Waals surface area contributed by atoms with Gasteiger partial charge in [-0.05, 0) is 45.0 Å². The van der Waals surface area contributed by atoms with E-state index in [1.54, 1.807) is 12.1 Å². The molecule has 1 aromatic carbocycles. The smallest absolute Gasteiger partial charge is 0.337 e. The largest absolute Gasteiger partial charge is 0.478 e. The number of likely N-dealkylation sites (tertiary alicyclic amines) is 1. The van der Waals surface area contributed by atoms with Gasteiger partial charge in [-0.15, -0.1) is 0 Å². The molecule has 2 rings (SSSR count). The maximum absolute atomic E-state index is 11.2. The van der Waals surface area contributed by atoms with Crippen LogP contribution in [-0.2, 0) is 0 Å². The number of hydrogen-bond donors (Lipinski definition) is 2. The van der Waals surface area contributed by atoms with Gasteiger partial charge in [-0.3, -0.25) is 0 Å². The molecule has 98 valence electrons. The van der Waals surface area contributed by atoms with Gasteiger partial charge in [-0.2, -0.15) is 0 Å². The normalized spacial score (nSPS) is 20.7. The summed E-state index contributed by atoms with van der Waals surface area (Å²) in [6.07, 6.45) is 2.25. The Labute approximate surface area is 108 Å². The number of aromatic carboxylic acids is 1. The Morgan fingerprint density at radius 3 is 2.94 bits per heavy atom. The average Bonchev–Trinajstić information content (AvgIpc) is 2.31. The van der Waals surface area contributed by atoms with Crippen LogP contribution in [0.4, 0.5) is 5.69 Å². The van der Waals surface area contributed by atoms with Gasteiger partial charge in [0, 0.05) is 12.6 Å². The number of piperidine rings is 1. The lowest BCUT2D eigenvalue weighted by atomic mass is 10.0. The number of aryl methyl sites for hydroxylation is 1. The molecule has 1 saturated heterocycles. The van der Waals surface area contributed by atoms with Crippen LogP contribution in [-0.4, -0.2) is 42.2 Å². The standard InChI is InChI=1S/C14H20N2O2/c1-10-5-3-7-12(14(17)18)13(10)15-11-6-4-8-16(2)9-11/h3,5,7,11,15H,4,6,8-9H2,1-2H3,(H,17,18). The molecule has 1 heterocycles. The number of benzene rings is 1. The highest BCUT2D eigenvalue weighted by Crippen LogP contribution is 2.23. The van der Waals surface area contributed by atoms with Crippen molar-refractivity contribution in [3.63, 3.8) is 0 Å². The lowest BCUT2D eigenvalue weighted by Gasteiger charge is -2.31.